The molecular formula is C21H38N4O3S. The quantitative estimate of drug-likeness (QED) is 0.353. The van der Waals surface area contributed by atoms with Crippen LogP contribution in [0, 0.1) is 5.92 Å². The van der Waals surface area contributed by atoms with E-state index in [1.807, 2.05) is 45.0 Å². The number of nitrogens with one attached hydrogen (secondary N) is 3. The third-order valence-electron chi connectivity index (χ3n) is 4.32. The number of aliphatic imine (C=N–C) groups is 1. The third kappa shape index (κ3) is 10.6. The summed E-state index contributed by atoms with van der Waals surface area (Å²) in [6, 6.07) is 7.46. The highest BCUT2D eigenvalue weighted by atomic mass is 32.2. The highest BCUT2D eigenvalue weighted by molar-refractivity contribution is 7.88. The fourth-order valence-corrected chi connectivity index (χ4v) is 4.37. The molecule has 0 radical (unpaired) electrons. The van der Waals surface area contributed by atoms with Gasteiger partial charge in [-0.1, -0.05) is 38.1 Å². The first kappa shape index (κ1) is 25.4. The van der Waals surface area contributed by atoms with E-state index >= 15 is 0 Å². The standard InChI is InChI=1S/C21H38N4O3S/c1-7-28-20(16(2)3)12-13-23-21(22-6)24-14-18-8-10-19(11-9-18)15-29(26,27)25-17(4)5/h8-11,16-17,20,25H,7,12-15H2,1-6H3,(H2,22,23,24). The van der Waals surface area contributed by atoms with Crippen LogP contribution in [0.5, 0.6) is 0 Å². The van der Waals surface area contributed by atoms with Crippen molar-refractivity contribution in [1.82, 2.24) is 15.4 Å². The predicted octanol–water partition coefficient (Wildman–Crippen LogP) is 2.63. The summed E-state index contributed by atoms with van der Waals surface area (Å²) in [6.45, 7) is 12.1. The van der Waals surface area contributed by atoms with Crippen LogP contribution in [0.15, 0.2) is 29.3 Å². The maximum atomic E-state index is 12.0. The molecule has 8 heteroatoms. The highest BCUT2D eigenvalue weighted by Gasteiger charge is 2.14. The molecule has 0 saturated heterocycles. The Hall–Kier alpha value is -1.64. The van der Waals surface area contributed by atoms with E-state index in [0.29, 0.717) is 12.5 Å². The minimum atomic E-state index is -3.31. The average molecular weight is 427 g/mol. The zero-order valence-corrected chi connectivity index (χ0v) is 19.5. The molecule has 1 aromatic carbocycles. The molecule has 0 amide bonds. The largest absolute Gasteiger partial charge is 0.378 e. The Kier molecular flexibility index (Phi) is 11.2. The van der Waals surface area contributed by atoms with Gasteiger partial charge in [0.15, 0.2) is 5.96 Å². The van der Waals surface area contributed by atoms with Crippen LogP contribution >= 0.6 is 0 Å². The number of guanidine groups is 1. The molecule has 0 aliphatic heterocycles. The van der Waals surface area contributed by atoms with E-state index in [1.165, 1.54) is 0 Å². The number of benzene rings is 1. The predicted molar refractivity (Wildman–Crippen MR) is 120 cm³/mol. The second-order valence-electron chi connectivity index (χ2n) is 7.73. The van der Waals surface area contributed by atoms with E-state index in [2.05, 4.69) is 34.2 Å². The lowest BCUT2D eigenvalue weighted by Crippen LogP contribution is -2.38. The van der Waals surface area contributed by atoms with Crippen LogP contribution in [0.4, 0.5) is 0 Å². The summed E-state index contributed by atoms with van der Waals surface area (Å²) in [5, 5.41) is 6.60. The van der Waals surface area contributed by atoms with Gasteiger partial charge in [-0.25, -0.2) is 13.1 Å². The molecule has 1 unspecified atom stereocenters. The Morgan fingerprint density at radius 1 is 1.07 bits per heavy atom. The maximum absolute atomic E-state index is 12.0. The summed E-state index contributed by atoms with van der Waals surface area (Å²) in [5.41, 5.74) is 1.82. The van der Waals surface area contributed by atoms with Crippen LogP contribution in [0.1, 0.15) is 52.2 Å². The van der Waals surface area contributed by atoms with Crippen molar-refractivity contribution >= 4 is 16.0 Å². The summed E-state index contributed by atoms with van der Waals surface area (Å²) in [6.07, 6.45) is 1.15. The molecule has 166 valence electrons. The van der Waals surface area contributed by atoms with Crippen LogP contribution in [-0.2, 0) is 27.1 Å². The van der Waals surface area contributed by atoms with Crippen LogP contribution < -0.4 is 15.4 Å². The van der Waals surface area contributed by atoms with E-state index in [4.69, 9.17) is 4.74 Å². The van der Waals surface area contributed by atoms with Gasteiger partial charge in [-0.2, -0.15) is 0 Å². The maximum Gasteiger partial charge on any atom is 0.216 e. The molecule has 0 bridgehead atoms. The van der Waals surface area contributed by atoms with E-state index < -0.39 is 10.0 Å². The monoisotopic (exact) mass is 426 g/mol. The number of hydrogen-bond donors (Lipinski definition) is 3. The molecule has 1 rings (SSSR count). The summed E-state index contributed by atoms with van der Waals surface area (Å²) in [7, 11) is -1.57. The van der Waals surface area contributed by atoms with E-state index in [1.54, 1.807) is 7.05 Å². The normalized spacial score (nSPS) is 13.7. The minimum absolute atomic E-state index is 0.0149. The second-order valence-corrected chi connectivity index (χ2v) is 9.48. The Balaban J connectivity index is 2.48. The lowest BCUT2D eigenvalue weighted by molar-refractivity contribution is 0.0258. The molecule has 0 aliphatic rings. The average Bonchev–Trinajstić information content (AvgIpc) is 2.63. The first-order valence-electron chi connectivity index (χ1n) is 10.3. The van der Waals surface area contributed by atoms with Gasteiger partial charge >= 0.3 is 0 Å². The number of nitrogens with zero attached hydrogens (tertiary/aromatic N) is 1. The molecule has 1 aromatic rings. The van der Waals surface area contributed by atoms with E-state index in [0.717, 1.165) is 36.7 Å². The number of hydrogen-bond acceptors (Lipinski definition) is 4. The van der Waals surface area contributed by atoms with Gasteiger partial charge in [0.25, 0.3) is 0 Å². The zero-order chi connectivity index (χ0) is 21.9. The first-order valence-corrected chi connectivity index (χ1v) is 12.0. The summed E-state index contributed by atoms with van der Waals surface area (Å²) >= 11 is 0. The molecule has 1 atom stereocenters. The van der Waals surface area contributed by atoms with Crippen LogP contribution in [0.3, 0.4) is 0 Å². The van der Waals surface area contributed by atoms with Crippen molar-refractivity contribution in [3.8, 4) is 0 Å². The molecule has 29 heavy (non-hydrogen) atoms. The van der Waals surface area contributed by atoms with Crippen molar-refractivity contribution in [2.45, 2.75) is 65.5 Å². The van der Waals surface area contributed by atoms with Gasteiger partial charge in [-0.3, -0.25) is 4.99 Å². The lowest BCUT2D eigenvalue weighted by atomic mass is 10.0. The Bertz CT molecular complexity index is 716. The molecule has 0 aromatic heterocycles. The van der Waals surface area contributed by atoms with E-state index in [-0.39, 0.29) is 17.9 Å². The second kappa shape index (κ2) is 12.8. The Labute approximate surface area is 176 Å². The van der Waals surface area contributed by atoms with Crippen LogP contribution in [0.25, 0.3) is 0 Å². The summed E-state index contributed by atoms with van der Waals surface area (Å²) in [4.78, 5) is 4.25. The fraction of sp³-hybridized carbons (Fsp3) is 0.667. The Morgan fingerprint density at radius 2 is 1.69 bits per heavy atom. The summed E-state index contributed by atoms with van der Waals surface area (Å²) < 4.78 is 32.4. The molecule has 0 heterocycles. The zero-order valence-electron chi connectivity index (χ0n) is 18.7. The third-order valence-corrected chi connectivity index (χ3v) is 5.87. The number of rotatable bonds is 12. The minimum Gasteiger partial charge on any atom is -0.378 e. The van der Waals surface area contributed by atoms with E-state index in [9.17, 15) is 8.42 Å². The van der Waals surface area contributed by atoms with Gasteiger partial charge < -0.3 is 15.4 Å². The van der Waals surface area contributed by atoms with Gasteiger partial charge in [-0.15, -0.1) is 0 Å². The van der Waals surface area contributed by atoms with Crippen molar-refractivity contribution in [3.05, 3.63) is 35.4 Å². The topological polar surface area (TPSA) is 91.8 Å². The van der Waals surface area contributed by atoms with Crippen LogP contribution in [0.2, 0.25) is 0 Å². The van der Waals surface area contributed by atoms with Crippen molar-refractivity contribution in [3.63, 3.8) is 0 Å². The molecule has 0 spiro atoms. The SMILES string of the molecule is CCOC(CCNC(=NC)NCc1ccc(CS(=O)(=O)NC(C)C)cc1)C(C)C. The van der Waals surface area contributed by atoms with Gasteiger partial charge in [0, 0.05) is 32.8 Å². The Morgan fingerprint density at radius 3 is 2.21 bits per heavy atom. The smallest absolute Gasteiger partial charge is 0.216 e. The van der Waals surface area contributed by atoms with Crippen molar-refractivity contribution in [2.24, 2.45) is 10.9 Å². The molecule has 0 saturated carbocycles. The fourth-order valence-electron chi connectivity index (χ4n) is 2.94. The summed E-state index contributed by atoms with van der Waals surface area (Å²) in [5.74, 6) is 1.19. The molecular weight excluding hydrogens is 388 g/mol. The van der Waals surface area contributed by atoms with Gasteiger partial charge in [0.2, 0.25) is 10.0 Å². The van der Waals surface area contributed by atoms with Gasteiger partial charge in [0.1, 0.15) is 0 Å². The van der Waals surface area contributed by atoms with Crippen molar-refractivity contribution < 1.29 is 13.2 Å². The van der Waals surface area contributed by atoms with Gasteiger partial charge in [0.05, 0.1) is 11.9 Å². The van der Waals surface area contributed by atoms with Crippen molar-refractivity contribution in [2.75, 3.05) is 20.2 Å². The molecule has 7 nitrogen and oxygen atoms in total. The van der Waals surface area contributed by atoms with Crippen molar-refractivity contribution in [1.29, 1.82) is 0 Å². The molecule has 3 N–H and O–H groups in total. The first-order chi connectivity index (χ1) is 13.7. The van der Waals surface area contributed by atoms with Gasteiger partial charge in [-0.05, 0) is 44.2 Å². The highest BCUT2D eigenvalue weighted by Crippen LogP contribution is 2.10. The number of ether oxygens (including phenoxy) is 1. The molecule has 0 fully saturated rings. The van der Waals surface area contributed by atoms with Crippen LogP contribution in [-0.4, -0.2) is 46.7 Å². The number of sulfonamides is 1. The lowest BCUT2D eigenvalue weighted by Gasteiger charge is -2.21. The molecule has 0 aliphatic carbocycles.